The molecule has 2 N–H and O–H groups in total. The number of nitrogens with one attached hydrogen (secondary N) is 2. The van der Waals surface area contributed by atoms with Gasteiger partial charge in [-0.3, -0.25) is 9.59 Å². The first-order valence-electron chi connectivity index (χ1n) is 10.3. The number of nitrogens with zero attached hydrogens (tertiary/aromatic N) is 1. The zero-order chi connectivity index (χ0) is 24.8. The summed E-state index contributed by atoms with van der Waals surface area (Å²) in [7, 11) is 1.50. The second kappa shape index (κ2) is 11.4. The summed E-state index contributed by atoms with van der Waals surface area (Å²) < 4.78 is 18.3. The summed E-state index contributed by atoms with van der Waals surface area (Å²) in [4.78, 5) is 24.6. The quantitative estimate of drug-likeness (QED) is 0.148. The minimum atomic E-state index is -0.473. The minimum Gasteiger partial charge on any atom is -0.493 e. The Morgan fingerprint density at radius 1 is 1.11 bits per heavy atom. The molecule has 4 rings (SSSR count). The third-order valence-electron chi connectivity index (χ3n) is 4.74. The van der Waals surface area contributed by atoms with Crippen molar-refractivity contribution in [3.8, 4) is 11.5 Å². The number of furan rings is 1. The molecule has 0 aliphatic carbocycles. The molecule has 1 aromatic heterocycles. The van der Waals surface area contributed by atoms with Gasteiger partial charge in [-0.1, -0.05) is 34.1 Å². The van der Waals surface area contributed by atoms with Crippen LogP contribution in [0.3, 0.4) is 0 Å². The average Bonchev–Trinajstić information content (AvgIpc) is 3.27. The van der Waals surface area contributed by atoms with Gasteiger partial charge in [-0.2, -0.15) is 5.10 Å². The fraction of sp³-hybridized carbons (Fsp3) is 0.0800. The smallest absolute Gasteiger partial charge is 0.307 e. The van der Waals surface area contributed by atoms with Crippen LogP contribution in [-0.2, 0) is 4.79 Å². The molecule has 4 aromatic rings. The number of ether oxygens (including phenoxy) is 2. The van der Waals surface area contributed by atoms with Gasteiger partial charge < -0.3 is 19.2 Å². The number of methoxy groups -OCH3 is 1. The van der Waals surface area contributed by atoms with E-state index < -0.39 is 5.91 Å². The summed E-state index contributed by atoms with van der Waals surface area (Å²) in [6.07, 6.45) is 1.48. The van der Waals surface area contributed by atoms with Crippen LogP contribution < -0.4 is 20.2 Å². The van der Waals surface area contributed by atoms with Crippen molar-refractivity contribution in [2.24, 2.45) is 5.10 Å². The molecule has 0 radical (unpaired) electrons. The Hall–Kier alpha value is -3.38. The highest BCUT2D eigenvalue weighted by atomic mass is 127. The van der Waals surface area contributed by atoms with Gasteiger partial charge in [0.05, 0.1) is 16.9 Å². The highest BCUT2D eigenvalue weighted by molar-refractivity contribution is 14.1. The van der Waals surface area contributed by atoms with Gasteiger partial charge in [-0.25, -0.2) is 5.43 Å². The largest absolute Gasteiger partial charge is 0.493 e. The molecule has 0 aliphatic rings. The summed E-state index contributed by atoms with van der Waals surface area (Å²) in [5.41, 5.74) is 4.42. The van der Waals surface area contributed by atoms with E-state index in [2.05, 4.69) is 54.4 Å². The SMILES string of the molecule is COc1cc(/C=N/NC(=O)c2cc3cc(Br)ccc3o2)cc(I)c1OCC(=O)Nc1ccccc1. The van der Waals surface area contributed by atoms with Gasteiger partial charge in [0.1, 0.15) is 5.58 Å². The maximum atomic E-state index is 12.4. The molecule has 0 spiro atoms. The van der Waals surface area contributed by atoms with Crippen LogP contribution in [0.2, 0.25) is 0 Å². The van der Waals surface area contributed by atoms with E-state index in [9.17, 15) is 9.59 Å². The number of para-hydroxylation sites is 1. The second-order valence-corrected chi connectivity index (χ2v) is 9.31. The molecule has 0 fully saturated rings. The Morgan fingerprint density at radius 2 is 1.91 bits per heavy atom. The lowest BCUT2D eigenvalue weighted by molar-refractivity contribution is -0.118. The molecule has 0 saturated carbocycles. The Balaban J connectivity index is 1.39. The number of hydrazone groups is 1. The van der Waals surface area contributed by atoms with Crippen LogP contribution >= 0.6 is 38.5 Å². The van der Waals surface area contributed by atoms with Crippen molar-refractivity contribution in [3.05, 3.63) is 86.1 Å². The number of benzene rings is 3. The Kier molecular flexibility index (Phi) is 8.03. The molecule has 1 heterocycles. The maximum Gasteiger partial charge on any atom is 0.307 e. The van der Waals surface area contributed by atoms with E-state index in [0.717, 1.165) is 9.86 Å². The van der Waals surface area contributed by atoms with E-state index in [1.165, 1.54) is 13.3 Å². The van der Waals surface area contributed by atoms with Gasteiger partial charge in [0.25, 0.3) is 5.91 Å². The number of hydrogen-bond acceptors (Lipinski definition) is 6. The molecule has 2 amide bonds. The molecule has 0 saturated heterocycles. The van der Waals surface area contributed by atoms with E-state index >= 15 is 0 Å². The van der Waals surface area contributed by atoms with Gasteiger partial charge in [0.2, 0.25) is 0 Å². The van der Waals surface area contributed by atoms with Gasteiger partial charge in [0, 0.05) is 15.5 Å². The lowest BCUT2D eigenvalue weighted by Gasteiger charge is -2.13. The van der Waals surface area contributed by atoms with E-state index in [4.69, 9.17) is 13.9 Å². The normalized spacial score (nSPS) is 10.9. The Bertz CT molecular complexity index is 1410. The summed E-state index contributed by atoms with van der Waals surface area (Å²) in [5.74, 6) is 0.255. The third kappa shape index (κ3) is 6.40. The first kappa shape index (κ1) is 24.7. The first-order chi connectivity index (χ1) is 16.9. The van der Waals surface area contributed by atoms with Crippen molar-refractivity contribution in [2.45, 2.75) is 0 Å². The predicted molar refractivity (Wildman–Crippen MR) is 145 cm³/mol. The van der Waals surface area contributed by atoms with E-state index in [-0.39, 0.29) is 18.3 Å². The summed E-state index contributed by atoms with van der Waals surface area (Å²) in [6.45, 7) is -0.182. The molecule has 8 nitrogen and oxygen atoms in total. The zero-order valence-corrected chi connectivity index (χ0v) is 22.1. The molecule has 10 heteroatoms. The molecular formula is C25H19BrIN3O5. The highest BCUT2D eigenvalue weighted by Gasteiger charge is 2.14. The minimum absolute atomic E-state index is 0.153. The van der Waals surface area contributed by atoms with Crippen molar-refractivity contribution in [1.29, 1.82) is 0 Å². The number of halogens is 2. The van der Waals surface area contributed by atoms with Crippen LogP contribution in [0.4, 0.5) is 5.69 Å². The Labute approximate surface area is 222 Å². The molecule has 0 unspecified atom stereocenters. The van der Waals surface area contributed by atoms with Crippen molar-refractivity contribution in [1.82, 2.24) is 5.43 Å². The molecule has 178 valence electrons. The summed E-state index contributed by atoms with van der Waals surface area (Å²) in [6, 6.07) is 19.7. The number of hydrogen-bond donors (Lipinski definition) is 2. The number of carbonyl (C=O) groups is 2. The van der Waals surface area contributed by atoms with Gasteiger partial charge in [-0.05, 0) is 76.7 Å². The van der Waals surface area contributed by atoms with Gasteiger partial charge in [-0.15, -0.1) is 0 Å². The summed E-state index contributed by atoms with van der Waals surface area (Å²) >= 11 is 5.48. The monoisotopic (exact) mass is 647 g/mol. The van der Waals surface area contributed by atoms with Crippen LogP contribution in [0, 0.1) is 3.57 Å². The van der Waals surface area contributed by atoms with Gasteiger partial charge >= 0.3 is 5.91 Å². The van der Waals surface area contributed by atoms with E-state index in [1.807, 2.05) is 30.3 Å². The van der Waals surface area contributed by atoms with Crippen molar-refractivity contribution in [3.63, 3.8) is 0 Å². The molecule has 0 bridgehead atoms. The van der Waals surface area contributed by atoms with Crippen LogP contribution in [0.5, 0.6) is 11.5 Å². The van der Waals surface area contributed by atoms with Crippen molar-refractivity contribution < 1.29 is 23.5 Å². The fourth-order valence-electron chi connectivity index (χ4n) is 3.16. The third-order valence-corrected chi connectivity index (χ3v) is 6.03. The molecule has 0 atom stereocenters. The Morgan fingerprint density at radius 3 is 2.69 bits per heavy atom. The molecular weight excluding hydrogens is 629 g/mol. The van der Waals surface area contributed by atoms with E-state index in [1.54, 1.807) is 36.4 Å². The number of fused-ring (bicyclic) bond motifs is 1. The molecule has 35 heavy (non-hydrogen) atoms. The first-order valence-corrected chi connectivity index (χ1v) is 12.2. The average molecular weight is 648 g/mol. The second-order valence-electron chi connectivity index (χ2n) is 7.23. The lowest BCUT2D eigenvalue weighted by Crippen LogP contribution is -2.20. The number of carbonyl (C=O) groups excluding carboxylic acids is 2. The van der Waals surface area contributed by atoms with Crippen molar-refractivity contribution >= 4 is 73.2 Å². The standard InChI is InChI=1S/C25H19BrIN3O5/c1-33-21-10-15(9-19(27)24(21)34-14-23(31)29-18-5-3-2-4-6-18)13-28-30-25(32)22-12-16-11-17(26)7-8-20(16)35-22/h2-13H,14H2,1H3,(H,29,31)(H,30,32)/b28-13+. The van der Waals surface area contributed by atoms with Crippen LogP contribution in [0.1, 0.15) is 16.1 Å². The lowest BCUT2D eigenvalue weighted by atomic mass is 10.2. The number of anilines is 1. The maximum absolute atomic E-state index is 12.4. The molecule has 0 aliphatic heterocycles. The van der Waals surface area contributed by atoms with Crippen molar-refractivity contribution in [2.75, 3.05) is 19.0 Å². The number of rotatable bonds is 8. The van der Waals surface area contributed by atoms with Gasteiger partial charge in [0.15, 0.2) is 23.9 Å². The molecule has 3 aromatic carbocycles. The summed E-state index contributed by atoms with van der Waals surface area (Å²) in [5, 5.41) is 7.59. The zero-order valence-electron chi connectivity index (χ0n) is 18.4. The van der Waals surface area contributed by atoms with Crippen LogP contribution in [-0.4, -0.2) is 31.7 Å². The van der Waals surface area contributed by atoms with E-state index in [0.29, 0.717) is 31.9 Å². The van der Waals surface area contributed by atoms with Crippen LogP contribution in [0.25, 0.3) is 11.0 Å². The predicted octanol–water partition coefficient (Wildman–Crippen LogP) is 5.59. The number of amides is 2. The topological polar surface area (TPSA) is 102 Å². The van der Waals surface area contributed by atoms with Crippen LogP contribution in [0.15, 0.2) is 80.7 Å². The fourth-order valence-corrected chi connectivity index (χ4v) is 4.32. The highest BCUT2D eigenvalue weighted by Crippen LogP contribution is 2.33.